The first kappa shape index (κ1) is 17.3. The Balaban J connectivity index is 4.04. The van der Waals surface area contributed by atoms with Crippen molar-refractivity contribution in [2.75, 3.05) is 6.61 Å². The van der Waals surface area contributed by atoms with Gasteiger partial charge >= 0.3 is 0 Å². The third-order valence-corrected chi connectivity index (χ3v) is 3.31. The molecule has 2 heteroatoms. The maximum absolute atomic E-state index is 6.02. The molecule has 0 bridgehead atoms. The average molecular weight is 255 g/mol. The number of hydrogen-bond donors (Lipinski definition) is 1. The molecule has 0 radical (unpaired) electrons. The van der Waals surface area contributed by atoms with Crippen LogP contribution >= 0.6 is 0 Å². The molecule has 0 heterocycles. The lowest BCUT2D eigenvalue weighted by Crippen LogP contribution is -2.07. The Labute approximate surface area is 114 Å². The van der Waals surface area contributed by atoms with Gasteiger partial charge in [-0.15, -0.1) is 0 Å². The second-order valence-electron chi connectivity index (χ2n) is 5.02. The second kappa shape index (κ2) is 12.8. The summed E-state index contributed by atoms with van der Waals surface area (Å²) in [4.78, 5) is 0. The van der Waals surface area contributed by atoms with Crippen LogP contribution in [0.1, 0.15) is 85.0 Å². The summed E-state index contributed by atoms with van der Waals surface area (Å²) in [6, 6.07) is 0. The van der Waals surface area contributed by atoms with E-state index in [1.807, 2.05) is 6.92 Å². The summed E-state index contributed by atoms with van der Waals surface area (Å²) in [6.07, 6.45) is 12.6. The first-order chi connectivity index (χ1) is 8.76. The van der Waals surface area contributed by atoms with Gasteiger partial charge in [0.15, 0.2) is 5.88 Å². The van der Waals surface area contributed by atoms with Crippen molar-refractivity contribution in [1.82, 2.24) is 0 Å². The monoisotopic (exact) mass is 255 g/mol. The lowest BCUT2D eigenvalue weighted by Gasteiger charge is -2.12. The van der Waals surface area contributed by atoms with Gasteiger partial charge in [0, 0.05) is 0 Å². The lowest BCUT2D eigenvalue weighted by atomic mass is 10.0. The topological polar surface area (TPSA) is 35.2 Å². The molecule has 0 aromatic rings. The molecule has 108 valence electrons. The summed E-state index contributed by atoms with van der Waals surface area (Å²) in [5, 5.41) is 0. The molecule has 0 aromatic carbocycles. The maximum Gasteiger partial charge on any atom is 0.183 e. The highest BCUT2D eigenvalue weighted by molar-refractivity contribution is 5.05. The van der Waals surface area contributed by atoms with Crippen LogP contribution in [-0.4, -0.2) is 6.61 Å². The van der Waals surface area contributed by atoms with Crippen LogP contribution in [-0.2, 0) is 4.74 Å². The molecule has 2 nitrogen and oxygen atoms in total. The van der Waals surface area contributed by atoms with E-state index >= 15 is 0 Å². The van der Waals surface area contributed by atoms with Crippen molar-refractivity contribution in [2.24, 2.45) is 5.73 Å². The number of ether oxygens (including phenoxy) is 1. The Hall–Kier alpha value is -0.660. The van der Waals surface area contributed by atoms with Crippen LogP contribution in [0.5, 0.6) is 0 Å². The van der Waals surface area contributed by atoms with Crippen LogP contribution in [0.3, 0.4) is 0 Å². The molecule has 18 heavy (non-hydrogen) atoms. The van der Waals surface area contributed by atoms with Gasteiger partial charge in [-0.1, -0.05) is 52.4 Å². The van der Waals surface area contributed by atoms with Crippen LogP contribution < -0.4 is 5.73 Å². The van der Waals surface area contributed by atoms with E-state index in [4.69, 9.17) is 10.5 Å². The van der Waals surface area contributed by atoms with Crippen molar-refractivity contribution in [3.8, 4) is 0 Å². The largest absolute Gasteiger partial charge is 0.480 e. The van der Waals surface area contributed by atoms with E-state index in [1.165, 1.54) is 56.9 Å². The minimum atomic E-state index is 0.680. The van der Waals surface area contributed by atoms with Crippen LogP contribution in [0.2, 0.25) is 0 Å². The predicted molar refractivity (Wildman–Crippen MR) is 80.4 cm³/mol. The van der Waals surface area contributed by atoms with Crippen molar-refractivity contribution in [1.29, 1.82) is 0 Å². The Morgan fingerprint density at radius 2 is 1.28 bits per heavy atom. The molecular formula is C16H33NO. The highest BCUT2D eigenvalue weighted by Crippen LogP contribution is 2.19. The minimum absolute atomic E-state index is 0.680. The van der Waals surface area contributed by atoms with Crippen LogP contribution in [0.4, 0.5) is 0 Å². The smallest absolute Gasteiger partial charge is 0.183 e. The van der Waals surface area contributed by atoms with Gasteiger partial charge in [0.05, 0.1) is 6.61 Å². The molecule has 0 unspecified atom stereocenters. The summed E-state index contributed by atoms with van der Waals surface area (Å²) in [6.45, 7) is 7.17. The van der Waals surface area contributed by atoms with E-state index in [0.717, 1.165) is 12.8 Å². The number of unbranched alkanes of at least 4 members (excludes halogenated alkanes) is 6. The first-order valence-electron chi connectivity index (χ1n) is 7.86. The molecule has 0 aliphatic rings. The van der Waals surface area contributed by atoms with Gasteiger partial charge in [-0.25, -0.2) is 0 Å². The highest BCUT2D eigenvalue weighted by atomic mass is 16.5. The fraction of sp³-hybridized carbons (Fsp3) is 0.875. The van der Waals surface area contributed by atoms with E-state index in [1.54, 1.807) is 0 Å². The molecule has 0 fully saturated rings. The number of allylic oxidation sites excluding steroid dienone is 1. The summed E-state index contributed by atoms with van der Waals surface area (Å²) in [5.74, 6) is 0.700. The molecule has 0 rings (SSSR count). The molecule has 2 N–H and O–H groups in total. The standard InChI is InChI=1S/C16H33NO/c1-4-7-9-11-13-15(16(17)18-6-3)14-12-10-8-5-2/h4-14,17H2,1-3H3. The molecule has 0 saturated heterocycles. The Morgan fingerprint density at radius 3 is 1.67 bits per heavy atom. The van der Waals surface area contributed by atoms with Crippen LogP contribution in [0.25, 0.3) is 0 Å². The normalized spacial score (nSPS) is 10.4. The summed E-state index contributed by atoms with van der Waals surface area (Å²) < 4.78 is 5.48. The van der Waals surface area contributed by atoms with Crippen LogP contribution in [0, 0.1) is 0 Å². The fourth-order valence-corrected chi connectivity index (χ4v) is 2.16. The first-order valence-corrected chi connectivity index (χ1v) is 7.86. The van der Waals surface area contributed by atoms with Crippen LogP contribution in [0.15, 0.2) is 11.5 Å². The molecular weight excluding hydrogens is 222 g/mol. The van der Waals surface area contributed by atoms with E-state index in [0.29, 0.717) is 12.5 Å². The van der Waals surface area contributed by atoms with E-state index in [2.05, 4.69) is 13.8 Å². The van der Waals surface area contributed by atoms with Gasteiger partial charge in [0.1, 0.15) is 0 Å². The van der Waals surface area contributed by atoms with Crippen molar-refractivity contribution < 1.29 is 4.74 Å². The average Bonchev–Trinajstić information content (AvgIpc) is 2.37. The molecule has 0 aromatic heterocycles. The Morgan fingerprint density at radius 1 is 0.778 bits per heavy atom. The molecule has 0 spiro atoms. The highest BCUT2D eigenvalue weighted by Gasteiger charge is 2.05. The number of nitrogens with two attached hydrogens (primary N) is 1. The zero-order valence-corrected chi connectivity index (χ0v) is 12.8. The zero-order chi connectivity index (χ0) is 13.6. The summed E-state index contributed by atoms with van der Waals surface area (Å²) >= 11 is 0. The van der Waals surface area contributed by atoms with Gasteiger partial charge in [0.2, 0.25) is 0 Å². The van der Waals surface area contributed by atoms with E-state index in [-0.39, 0.29) is 0 Å². The quantitative estimate of drug-likeness (QED) is 0.387. The van der Waals surface area contributed by atoms with Crippen molar-refractivity contribution in [3.05, 3.63) is 11.5 Å². The molecule has 0 atom stereocenters. The third-order valence-electron chi connectivity index (χ3n) is 3.31. The predicted octanol–water partition coefficient (Wildman–Crippen LogP) is 5.13. The molecule has 0 aliphatic carbocycles. The van der Waals surface area contributed by atoms with E-state index < -0.39 is 0 Å². The summed E-state index contributed by atoms with van der Waals surface area (Å²) in [5.41, 5.74) is 7.37. The fourth-order valence-electron chi connectivity index (χ4n) is 2.16. The number of hydrogen-bond acceptors (Lipinski definition) is 2. The maximum atomic E-state index is 6.02. The van der Waals surface area contributed by atoms with Crippen molar-refractivity contribution in [3.63, 3.8) is 0 Å². The van der Waals surface area contributed by atoms with Gasteiger partial charge in [0.25, 0.3) is 0 Å². The van der Waals surface area contributed by atoms with Crippen molar-refractivity contribution in [2.45, 2.75) is 85.0 Å². The molecule has 0 amide bonds. The van der Waals surface area contributed by atoms with Gasteiger partial charge in [-0.2, -0.15) is 0 Å². The third kappa shape index (κ3) is 9.38. The van der Waals surface area contributed by atoms with Crippen molar-refractivity contribution >= 4 is 0 Å². The summed E-state index contributed by atoms with van der Waals surface area (Å²) in [7, 11) is 0. The minimum Gasteiger partial charge on any atom is -0.480 e. The van der Waals surface area contributed by atoms with Gasteiger partial charge in [-0.3, -0.25) is 0 Å². The Kier molecular flexibility index (Phi) is 12.3. The van der Waals surface area contributed by atoms with Gasteiger partial charge in [-0.05, 0) is 38.2 Å². The Bertz CT molecular complexity index is 197. The molecule has 0 aliphatic heterocycles. The van der Waals surface area contributed by atoms with E-state index in [9.17, 15) is 0 Å². The molecule has 0 saturated carbocycles. The lowest BCUT2D eigenvalue weighted by molar-refractivity contribution is 0.219. The second-order valence-corrected chi connectivity index (χ2v) is 5.02. The SMILES string of the molecule is CCCCCCC(CCCCCC)=C(N)OCC. The number of rotatable bonds is 12. The van der Waals surface area contributed by atoms with Gasteiger partial charge < -0.3 is 10.5 Å². The zero-order valence-electron chi connectivity index (χ0n) is 12.8.